The van der Waals surface area contributed by atoms with Gasteiger partial charge in [-0.15, -0.1) is 0 Å². The van der Waals surface area contributed by atoms with E-state index in [4.69, 9.17) is 9.15 Å². The Morgan fingerprint density at radius 1 is 1.53 bits per heavy atom. The molecule has 0 radical (unpaired) electrons. The molecule has 2 N–H and O–H groups in total. The van der Waals surface area contributed by atoms with Crippen molar-refractivity contribution in [3.05, 3.63) is 24.2 Å². The van der Waals surface area contributed by atoms with E-state index < -0.39 is 6.10 Å². The zero-order chi connectivity index (χ0) is 13.5. The molecule has 4 heteroatoms. The van der Waals surface area contributed by atoms with Crippen molar-refractivity contribution in [3.63, 3.8) is 0 Å². The van der Waals surface area contributed by atoms with Gasteiger partial charge in [0.05, 0.1) is 19.0 Å². The molecule has 1 saturated carbocycles. The first-order chi connectivity index (χ1) is 9.28. The first-order valence-corrected chi connectivity index (χ1v) is 7.29. The van der Waals surface area contributed by atoms with Gasteiger partial charge < -0.3 is 19.6 Å². The predicted molar refractivity (Wildman–Crippen MR) is 73.8 cm³/mol. The summed E-state index contributed by atoms with van der Waals surface area (Å²) in [5, 5.41) is 13.3. The molecule has 4 nitrogen and oxygen atoms in total. The second-order valence-corrected chi connectivity index (χ2v) is 5.44. The summed E-state index contributed by atoms with van der Waals surface area (Å²) in [6, 6.07) is 4.24. The Hall–Kier alpha value is -0.840. The molecule has 2 unspecified atom stereocenters. The Morgan fingerprint density at radius 2 is 2.37 bits per heavy atom. The molecule has 0 saturated heterocycles. The van der Waals surface area contributed by atoms with Gasteiger partial charge in [-0.2, -0.15) is 0 Å². The number of furan rings is 1. The van der Waals surface area contributed by atoms with Crippen molar-refractivity contribution in [2.45, 2.75) is 51.4 Å². The highest BCUT2D eigenvalue weighted by Gasteiger charge is 2.24. The lowest BCUT2D eigenvalue weighted by molar-refractivity contribution is 0.0213. The van der Waals surface area contributed by atoms with Crippen LogP contribution in [0.2, 0.25) is 0 Å². The van der Waals surface area contributed by atoms with Crippen LogP contribution in [0.1, 0.15) is 38.4 Å². The zero-order valence-corrected chi connectivity index (χ0v) is 11.7. The van der Waals surface area contributed by atoms with Gasteiger partial charge in [-0.05, 0) is 30.9 Å². The zero-order valence-electron chi connectivity index (χ0n) is 11.7. The molecular formula is C15H25NO3. The lowest BCUT2D eigenvalue weighted by Gasteiger charge is -2.19. The van der Waals surface area contributed by atoms with Crippen LogP contribution in [0.4, 0.5) is 0 Å². The summed E-state index contributed by atoms with van der Waals surface area (Å²) < 4.78 is 10.6. The monoisotopic (exact) mass is 267 g/mol. The summed E-state index contributed by atoms with van der Waals surface area (Å²) >= 11 is 0. The highest BCUT2D eigenvalue weighted by atomic mass is 16.5. The summed E-state index contributed by atoms with van der Waals surface area (Å²) in [7, 11) is 0. The molecular weight excluding hydrogens is 242 g/mol. The number of aliphatic hydroxyl groups excluding tert-OH is 1. The second kappa shape index (κ2) is 7.68. The van der Waals surface area contributed by atoms with Crippen molar-refractivity contribution in [1.82, 2.24) is 5.32 Å². The van der Waals surface area contributed by atoms with Crippen molar-refractivity contribution in [1.29, 1.82) is 0 Å². The van der Waals surface area contributed by atoms with E-state index in [1.165, 1.54) is 19.3 Å². The third-order valence-electron chi connectivity index (χ3n) is 3.58. The number of nitrogens with one attached hydrogen (secondary N) is 1. The molecule has 1 fully saturated rings. The van der Waals surface area contributed by atoms with Crippen LogP contribution in [0, 0.1) is 5.92 Å². The lowest BCUT2D eigenvalue weighted by atomic mass is 10.1. The van der Waals surface area contributed by atoms with Gasteiger partial charge in [-0.1, -0.05) is 19.8 Å². The fraction of sp³-hybridized carbons (Fsp3) is 0.733. The van der Waals surface area contributed by atoms with Crippen LogP contribution in [0.3, 0.4) is 0 Å². The summed E-state index contributed by atoms with van der Waals surface area (Å²) in [6.45, 7) is 3.56. The van der Waals surface area contributed by atoms with Crippen molar-refractivity contribution in [2.24, 2.45) is 5.92 Å². The van der Waals surface area contributed by atoms with E-state index in [2.05, 4.69) is 12.2 Å². The highest BCUT2D eigenvalue weighted by Crippen LogP contribution is 2.33. The normalized spacial score (nSPS) is 18.4. The van der Waals surface area contributed by atoms with Gasteiger partial charge in [0.1, 0.15) is 12.4 Å². The Bertz CT molecular complexity index is 335. The van der Waals surface area contributed by atoms with Crippen LogP contribution >= 0.6 is 0 Å². The van der Waals surface area contributed by atoms with Gasteiger partial charge >= 0.3 is 0 Å². The molecule has 0 spiro atoms. The van der Waals surface area contributed by atoms with Crippen molar-refractivity contribution in [2.75, 3.05) is 13.2 Å². The molecule has 1 heterocycles. The minimum Gasteiger partial charge on any atom is -0.467 e. The largest absolute Gasteiger partial charge is 0.467 e. The number of hydrogen-bond acceptors (Lipinski definition) is 4. The van der Waals surface area contributed by atoms with Crippen LogP contribution in [-0.4, -0.2) is 30.4 Å². The number of hydrogen-bond donors (Lipinski definition) is 2. The van der Waals surface area contributed by atoms with Gasteiger partial charge in [0.25, 0.3) is 0 Å². The summed E-state index contributed by atoms with van der Waals surface area (Å²) in [5.41, 5.74) is 0. The van der Waals surface area contributed by atoms with Gasteiger partial charge in [0.15, 0.2) is 0 Å². The Balaban J connectivity index is 1.54. The molecule has 2 rings (SSSR count). The molecule has 19 heavy (non-hydrogen) atoms. The number of aliphatic hydroxyl groups is 1. The first-order valence-electron chi connectivity index (χ1n) is 7.29. The summed E-state index contributed by atoms with van der Waals surface area (Å²) in [6.07, 6.45) is 6.30. The van der Waals surface area contributed by atoms with Gasteiger partial charge in [0, 0.05) is 12.6 Å². The quantitative estimate of drug-likeness (QED) is 0.683. The Morgan fingerprint density at radius 3 is 3.00 bits per heavy atom. The molecule has 0 bridgehead atoms. The van der Waals surface area contributed by atoms with Gasteiger partial charge in [-0.25, -0.2) is 0 Å². The molecule has 1 aliphatic carbocycles. The average molecular weight is 267 g/mol. The maximum absolute atomic E-state index is 9.85. The fourth-order valence-electron chi connectivity index (χ4n) is 2.20. The van der Waals surface area contributed by atoms with E-state index in [0.717, 1.165) is 18.1 Å². The third-order valence-corrected chi connectivity index (χ3v) is 3.58. The maximum Gasteiger partial charge on any atom is 0.129 e. The maximum atomic E-state index is 9.85. The van der Waals surface area contributed by atoms with E-state index >= 15 is 0 Å². The van der Waals surface area contributed by atoms with Gasteiger partial charge in [0.2, 0.25) is 0 Å². The molecule has 0 aliphatic heterocycles. The molecule has 0 amide bonds. The van der Waals surface area contributed by atoms with Crippen LogP contribution in [0.25, 0.3) is 0 Å². The van der Waals surface area contributed by atoms with Gasteiger partial charge in [-0.3, -0.25) is 0 Å². The van der Waals surface area contributed by atoms with Crippen LogP contribution < -0.4 is 5.32 Å². The standard InChI is InChI=1S/C15H25NO3/c1-2-13(8-12-5-6-12)16-9-14(17)10-18-11-15-4-3-7-19-15/h3-4,7,12-14,16-17H,2,5-6,8-11H2,1H3. The first kappa shape index (κ1) is 14.6. The fourth-order valence-corrected chi connectivity index (χ4v) is 2.20. The summed E-state index contributed by atoms with van der Waals surface area (Å²) in [5.74, 6) is 1.71. The van der Waals surface area contributed by atoms with Crippen molar-refractivity contribution in [3.8, 4) is 0 Å². The van der Waals surface area contributed by atoms with E-state index in [1.807, 2.05) is 12.1 Å². The van der Waals surface area contributed by atoms with E-state index in [0.29, 0.717) is 25.8 Å². The minimum atomic E-state index is -0.455. The average Bonchev–Trinajstić information content (AvgIpc) is 3.08. The van der Waals surface area contributed by atoms with Crippen LogP contribution in [0.15, 0.2) is 22.8 Å². The third kappa shape index (κ3) is 5.76. The highest BCUT2D eigenvalue weighted by molar-refractivity contribution is 4.96. The van der Waals surface area contributed by atoms with Crippen molar-refractivity contribution < 1.29 is 14.3 Å². The smallest absolute Gasteiger partial charge is 0.129 e. The lowest BCUT2D eigenvalue weighted by Crippen LogP contribution is -2.37. The minimum absolute atomic E-state index is 0.341. The molecule has 2 atom stereocenters. The molecule has 1 aromatic rings. The topological polar surface area (TPSA) is 54.6 Å². The predicted octanol–water partition coefficient (Wildman–Crippen LogP) is 2.33. The second-order valence-electron chi connectivity index (χ2n) is 5.44. The Labute approximate surface area is 115 Å². The Kier molecular flexibility index (Phi) is 5.89. The van der Waals surface area contributed by atoms with Crippen molar-refractivity contribution >= 4 is 0 Å². The molecule has 0 aromatic carbocycles. The molecule has 1 aromatic heterocycles. The molecule has 1 aliphatic rings. The van der Waals surface area contributed by atoms with E-state index in [-0.39, 0.29) is 0 Å². The summed E-state index contributed by atoms with van der Waals surface area (Å²) in [4.78, 5) is 0. The number of rotatable bonds is 10. The van der Waals surface area contributed by atoms with E-state index in [1.54, 1.807) is 6.26 Å². The number of ether oxygens (including phenoxy) is 1. The van der Waals surface area contributed by atoms with Crippen LogP contribution in [-0.2, 0) is 11.3 Å². The molecule has 108 valence electrons. The SMILES string of the molecule is CCC(CC1CC1)NCC(O)COCc1ccco1. The van der Waals surface area contributed by atoms with Crippen LogP contribution in [0.5, 0.6) is 0 Å². The van der Waals surface area contributed by atoms with E-state index in [9.17, 15) is 5.11 Å².